The molecule has 4 heteroatoms. The first kappa shape index (κ1) is 11.4. The van der Waals surface area contributed by atoms with E-state index in [1.165, 1.54) is 22.2 Å². The quantitative estimate of drug-likeness (QED) is 0.877. The number of nitrogens with one attached hydrogen (secondary N) is 1. The van der Waals surface area contributed by atoms with Gasteiger partial charge in [0.25, 0.3) is 0 Å². The fourth-order valence-corrected chi connectivity index (χ4v) is 4.31. The second-order valence-electron chi connectivity index (χ2n) is 4.05. The van der Waals surface area contributed by atoms with Crippen molar-refractivity contribution < 1.29 is 0 Å². The van der Waals surface area contributed by atoms with Crippen LogP contribution >= 0.6 is 23.1 Å². The number of thioether (sulfide) groups is 1. The van der Waals surface area contributed by atoms with Gasteiger partial charge >= 0.3 is 0 Å². The van der Waals surface area contributed by atoms with Crippen LogP contribution in [0, 0.1) is 12.8 Å². The molecule has 15 heavy (non-hydrogen) atoms. The number of hydrogen-bond donors (Lipinski definition) is 1. The summed E-state index contributed by atoms with van der Waals surface area (Å²) in [5, 5.41) is 7.04. The molecule has 1 aromatic rings. The maximum atomic E-state index is 4.55. The number of aryl methyl sites for hydroxylation is 1. The highest BCUT2D eigenvalue weighted by Crippen LogP contribution is 2.28. The van der Waals surface area contributed by atoms with E-state index in [0.717, 1.165) is 18.9 Å². The Hall–Kier alpha value is -0.0600. The zero-order valence-corrected chi connectivity index (χ0v) is 11.0. The van der Waals surface area contributed by atoms with Gasteiger partial charge in [-0.2, -0.15) is 11.8 Å². The van der Waals surface area contributed by atoms with Crippen LogP contribution in [0.4, 0.5) is 0 Å². The molecule has 2 nitrogen and oxygen atoms in total. The van der Waals surface area contributed by atoms with E-state index in [2.05, 4.69) is 41.3 Å². The molecule has 1 N–H and O–H groups in total. The van der Waals surface area contributed by atoms with Crippen LogP contribution < -0.4 is 5.32 Å². The van der Waals surface area contributed by atoms with Gasteiger partial charge in [0, 0.05) is 29.3 Å². The van der Waals surface area contributed by atoms with Crippen molar-refractivity contribution in [3.8, 4) is 0 Å². The first-order chi connectivity index (χ1) is 7.29. The predicted octanol–water partition coefficient (Wildman–Crippen LogP) is 2.34. The average molecular weight is 242 g/mol. The van der Waals surface area contributed by atoms with Crippen LogP contribution in [0.5, 0.6) is 0 Å². The van der Waals surface area contributed by atoms with Gasteiger partial charge in [-0.15, -0.1) is 11.3 Å². The first-order valence-electron chi connectivity index (χ1n) is 5.51. The number of rotatable bonds is 4. The summed E-state index contributed by atoms with van der Waals surface area (Å²) < 4.78 is 0. The Morgan fingerprint density at radius 3 is 3.07 bits per heavy atom. The third-order valence-corrected chi connectivity index (χ3v) is 5.02. The van der Waals surface area contributed by atoms with Crippen molar-refractivity contribution >= 4 is 23.1 Å². The van der Waals surface area contributed by atoms with E-state index in [4.69, 9.17) is 0 Å². The van der Waals surface area contributed by atoms with E-state index in [1.54, 1.807) is 0 Å². The standard InChI is InChI=1S/C11H18N2S2/c1-3-12-10-7-14-6-9(10)4-11-13-8(2)5-15-11/h5,9-10,12H,3-4,6-7H2,1-2H3. The maximum Gasteiger partial charge on any atom is 0.0931 e. The highest BCUT2D eigenvalue weighted by Gasteiger charge is 2.27. The Morgan fingerprint density at radius 1 is 1.53 bits per heavy atom. The summed E-state index contributed by atoms with van der Waals surface area (Å²) in [4.78, 5) is 4.55. The van der Waals surface area contributed by atoms with Crippen molar-refractivity contribution in [2.45, 2.75) is 26.3 Å². The SMILES string of the molecule is CCNC1CSCC1Cc1nc(C)cs1. The van der Waals surface area contributed by atoms with Crippen LogP contribution in [0.1, 0.15) is 17.6 Å². The minimum atomic E-state index is 0.698. The van der Waals surface area contributed by atoms with Gasteiger partial charge in [0.1, 0.15) is 0 Å². The molecule has 0 spiro atoms. The largest absolute Gasteiger partial charge is 0.313 e. The molecule has 1 saturated heterocycles. The molecule has 0 radical (unpaired) electrons. The Morgan fingerprint density at radius 2 is 2.40 bits per heavy atom. The fourth-order valence-electron chi connectivity index (χ4n) is 2.01. The lowest BCUT2D eigenvalue weighted by Crippen LogP contribution is -2.36. The van der Waals surface area contributed by atoms with Crippen LogP contribution in [0.15, 0.2) is 5.38 Å². The van der Waals surface area contributed by atoms with Crippen molar-refractivity contribution in [2.24, 2.45) is 5.92 Å². The van der Waals surface area contributed by atoms with Gasteiger partial charge in [0.15, 0.2) is 0 Å². The molecule has 2 rings (SSSR count). The Balaban J connectivity index is 1.93. The molecule has 0 aromatic carbocycles. The lowest BCUT2D eigenvalue weighted by atomic mass is 10.0. The molecule has 84 valence electrons. The summed E-state index contributed by atoms with van der Waals surface area (Å²) in [6.45, 7) is 5.34. The third kappa shape index (κ3) is 2.95. The Bertz CT molecular complexity index is 311. The van der Waals surface area contributed by atoms with Crippen LogP contribution in [0.25, 0.3) is 0 Å². The van der Waals surface area contributed by atoms with E-state index >= 15 is 0 Å². The van der Waals surface area contributed by atoms with Crippen LogP contribution in [-0.4, -0.2) is 29.1 Å². The number of aromatic nitrogens is 1. The second kappa shape index (κ2) is 5.32. The second-order valence-corrected chi connectivity index (χ2v) is 6.07. The molecule has 1 aliphatic rings. The highest BCUT2D eigenvalue weighted by molar-refractivity contribution is 7.99. The van der Waals surface area contributed by atoms with Gasteiger partial charge in [-0.1, -0.05) is 6.92 Å². The fraction of sp³-hybridized carbons (Fsp3) is 0.727. The molecule has 0 amide bonds. The van der Waals surface area contributed by atoms with Crippen molar-refractivity contribution in [1.82, 2.24) is 10.3 Å². The summed E-state index contributed by atoms with van der Waals surface area (Å²) >= 11 is 3.88. The van der Waals surface area contributed by atoms with Crippen molar-refractivity contribution in [2.75, 3.05) is 18.1 Å². The molecular formula is C11H18N2S2. The summed E-state index contributed by atoms with van der Waals surface area (Å²) in [7, 11) is 0. The number of nitrogens with zero attached hydrogens (tertiary/aromatic N) is 1. The number of hydrogen-bond acceptors (Lipinski definition) is 4. The molecule has 2 heterocycles. The highest BCUT2D eigenvalue weighted by atomic mass is 32.2. The maximum absolute atomic E-state index is 4.55. The Kier molecular flexibility index (Phi) is 4.05. The van der Waals surface area contributed by atoms with Gasteiger partial charge in [0.05, 0.1) is 5.01 Å². The third-order valence-electron chi connectivity index (χ3n) is 2.77. The van der Waals surface area contributed by atoms with Gasteiger partial charge in [-0.3, -0.25) is 0 Å². The lowest BCUT2D eigenvalue weighted by molar-refractivity contribution is 0.433. The van der Waals surface area contributed by atoms with Crippen LogP contribution in [0.2, 0.25) is 0 Å². The molecule has 0 aliphatic carbocycles. The predicted molar refractivity (Wildman–Crippen MR) is 68.8 cm³/mol. The van der Waals surface area contributed by atoms with Gasteiger partial charge < -0.3 is 5.32 Å². The van der Waals surface area contributed by atoms with E-state index in [1.807, 2.05) is 11.3 Å². The van der Waals surface area contributed by atoms with E-state index in [9.17, 15) is 0 Å². The average Bonchev–Trinajstić information content (AvgIpc) is 2.78. The van der Waals surface area contributed by atoms with Crippen LogP contribution in [-0.2, 0) is 6.42 Å². The molecule has 1 aliphatic heterocycles. The van der Waals surface area contributed by atoms with E-state index in [-0.39, 0.29) is 0 Å². The molecule has 1 fully saturated rings. The summed E-state index contributed by atoms with van der Waals surface area (Å²) in [6, 6.07) is 0.698. The van der Waals surface area contributed by atoms with Crippen molar-refractivity contribution in [3.05, 3.63) is 16.1 Å². The summed E-state index contributed by atoms with van der Waals surface area (Å²) in [5.41, 5.74) is 1.17. The lowest BCUT2D eigenvalue weighted by Gasteiger charge is -2.18. The molecule has 0 bridgehead atoms. The van der Waals surface area contributed by atoms with Gasteiger partial charge in [-0.25, -0.2) is 4.98 Å². The van der Waals surface area contributed by atoms with Crippen LogP contribution in [0.3, 0.4) is 0 Å². The first-order valence-corrected chi connectivity index (χ1v) is 7.55. The smallest absolute Gasteiger partial charge is 0.0931 e. The van der Waals surface area contributed by atoms with Crippen molar-refractivity contribution in [3.63, 3.8) is 0 Å². The van der Waals surface area contributed by atoms with Gasteiger partial charge in [-0.05, 0) is 25.1 Å². The molecule has 2 unspecified atom stereocenters. The normalized spacial score (nSPS) is 26.0. The minimum Gasteiger partial charge on any atom is -0.313 e. The van der Waals surface area contributed by atoms with E-state index < -0.39 is 0 Å². The molecule has 0 saturated carbocycles. The zero-order chi connectivity index (χ0) is 10.7. The topological polar surface area (TPSA) is 24.9 Å². The van der Waals surface area contributed by atoms with Gasteiger partial charge in [0.2, 0.25) is 0 Å². The monoisotopic (exact) mass is 242 g/mol. The molecular weight excluding hydrogens is 224 g/mol. The Labute approximate surface area is 99.9 Å². The molecule has 2 atom stereocenters. The number of thiazole rings is 1. The summed E-state index contributed by atoms with van der Waals surface area (Å²) in [5.74, 6) is 3.33. The molecule has 1 aromatic heterocycles. The van der Waals surface area contributed by atoms with Crippen molar-refractivity contribution in [1.29, 1.82) is 0 Å². The summed E-state index contributed by atoms with van der Waals surface area (Å²) in [6.07, 6.45) is 1.16. The minimum absolute atomic E-state index is 0.698. The van der Waals surface area contributed by atoms with E-state index in [0.29, 0.717) is 6.04 Å². The zero-order valence-electron chi connectivity index (χ0n) is 9.32.